The fraction of sp³-hybridized carbons (Fsp3) is 0.966. The van der Waals surface area contributed by atoms with Crippen LogP contribution in [-0.4, -0.2) is 41.2 Å². The van der Waals surface area contributed by atoms with Gasteiger partial charge in [0, 0.05) is 6.42 Å². The van der Waals surface area contributed by atoms with E-state index in [2.05, 4.69) is 27.7 Å². The molecule has 1 unspecified atom stereocenters. The van der Waals surface area contributed by atoms with E-state index in [-0.39, 0.29) is 6.04 Å². The first kappa shape index (κ1) is 31.4. The van der Waals surface area contributed by atoms with Crippen LogP contribution < -0.4 is 0 Å². The number of quaternary nitrogens is 1. The Kier molecular flexibility index (Phi) is 21.8. The van der Waals surface area contributed by atoms with E-state index in [9.17, 15) is 9.90 Å². The highest BCUT2D eigenvalue weighted by atomic mass is 16.4. The molecule has 0 aliphatic rings. The normalized spacial score (nSPS) is 12.9. The Labute approximate surface area is 202 Å². The van der Waals surface area contributed by atoms with Crippen molar-refractivity contribution in [3.63, 3.8) is 0 Å². The molecule has 3 heteroatoms. The molecule has 0 amide bonds. The Balaban J connectivity index is 5.22. The molecule has 0 fully saturated rings. The summed E-state index contributed by atoms with van der Waals surface area (Å²) in [5, 5.41) is 10.4. The standard InChI is InChI=1S/C29H59NO2/c1-5-9-13-17-18-19-20-24-28(29(31)32)30(25-21-14-10-6-2,26-22-15-11-7-3)27-23-16-12-8-4/h28H,5-27H2,1-4H3/p+1. The van der Waals surface area contributed by atoms with Gasteiger partial charge in [-0.15, -0.1) is 0 Å². The Hall–Kier alpha value is -0.570. The summed E-state index contributed by atoms with van der Waals surface area (Å²) in [5.74, 6) is -0.530. The van der Waals surface area contributed by atoms with Gasteiger partial charge in [0.25, 0.3) is 0 Å². The average Bonchev–Trinajstić information content (AvgIpc) is 2.78. The fourth-order valence-corrected chi connectivity index (χ4v) is 5.29. The molecule has 0 rings (SSSR count). The summed E-state index contributed by atoms with van der Waals surface area (Å²) in [5.41, 5.74) is 0. The van der Waals surface area contributed by atoms with Gasteiger partial charge in [0.2, 0.25) is 0 Å². The first-order valence-electron chi connectivity index (χ1n) is 14.7. The maximum Gasteiger partial charge on any atom is 0.362 e. The number of rotatable bonds is 25. The molecule has 0 saturated carbocycles. The van der Waals surface area contributed by atoms with E-state index in [0.717, 1.165) is 37.0 Å². The van der Waals surface area contributed by atoms with E-state index in [1.54, 1.807) is 0 Å². The van der Waals surface area contributed by atoms with Crippen molar-refractivity contribution in [3.05, 3.63) is 0 Å². The van der Waals surface area contributed by atoms with Gasteiger partial charge in [-0.05, 0) is 44.9 Å². The van der Waals surface area contributed by atoms with Gasteiger partial charge >= 0.3 is 5.97 Å². The largest absolute Gasteiger partial charge is 0.477 e. The minimum atomic E-state index is -0.530. The van der Waals surface area contributed by atoms with Crippen LogP contribution >= 0.6 is 0 Å². The summed E-state index contributed by atoms with van der Waals surface area (Å²) in [4.78, 5) is 12.6. The third-order valence-corrected chi connectivity index (χ3v) is 7.40. The van der Waals surface area contributed by atoms with Crippen LogP contribution in [0.1, 0.15) is 156 Å². The van der Waals surface area contributed by atoms with Gasteiger partial charge in [-0.2, -0.15) is 0 Å². The molecule has 3 nitrogen and oxygen atoms in total. The predicted octanol–water partition coefficient (Wildman–Crippen LogP) is 9.14. The first-order valence-corrected chi connectivity index (χ1v) is 14.7. The molecule has 0 heterocycles. The van der Waals surface area contributed by atoms with E-state index in [1.165, 1.54) is 116 Å². The molecular weight excluding hydrogens is 394 g/mol. The second kappa shape index (κ2) is 22.2. The van der Waals surface area contributed by atoms with Crippen molar-refractivity contribution in [1.29, 1.82) is 0 Å². The van der Waals surface area contributed by atoms with Gasteiger partial charge in [0.1, 0.15) is 0 Å². The third kappa shape index (κ3) is 15.3. The molecule has 0 aromatic rings. The topological polar surface area (TPSA) is 37.3 Å². The maximum absolute atomic E-state index is 12.6. The molecule has 0 aromatic carbocycles. The first-order chi connectivity index (χ1) is 15.6. The van der Waals surface area contributed by atoms with Crippen molar-refractivity contribution in [1.82, 2.24) is 0 Å². The van der Waals surface area contributed by atoms with Gasteiger partial charge in [0.15, 0.2) is 6.04 Å². The number of carbonyl (C=O) groups is 1. The van der Waals surface area contributed by atoms with E-state index < -0.39 is 5.97 Å². The van der Waals surface area contributed by atoms with Crippen LogP contribution in [0, 0.1) is 0 Å². The van der Waals surface area contributed by atoms with Crippen molar-refractivity contribution < 1.29 is 14.4 Å². The summed E-state index contributed by atoms with van der Waals surface area (Å²) < 4.78 is 0.863. The van der Waals surface area contributed by atoms with E-state index in [4.69, 9.17) is 0 Å². The highest BCUT2D eigenvalue weighted by Crippen LogP contribution is 2.26. The molecule has 1 atom stereocenters. The van der Waals surface area contributed by atoms with E-state index in [1.807, 2.05) is 0 Å². The Morgan fingerprint density at radius 2 is 0.844 bits per heavy atom. The van der Waals surface area contributed by atoms with Crippen molar-refractivity contribution in [2.45, 2.75) is 162 Å². The molecule has 1 N–H and O–H groups in total. The lowest BCUT2D eigenvalue weighted by Gasteiger charge is -2.44. The van der Waals surface area contributed by atoms with Crippen LogP contribution in [-0.2, 0) is 4.79 Å². The molecule has 192 valence electrons. The Morgan fingerprint density at radius 1 is 0.531 bits per heavy atom. The number of aliphatic carboxylic acids is 1. The number of nitrogens with zero attached hydrogens (tertiary/aromatic N) is 1. The van der Waals surface area contributed by atoms with Gasteiger partial charge in [-0.25, -0.2) is 4.79 Å². The molecule has 0 aliphatic heterocycles. The van der Waals surface area contributed by atoms with Gasteiger partial charge < -0.3 is 9.59 Å². The van der Waals surface area contributed by atoms with Crippen LogP contribution in [0.4, 0.5) is 0 Å². The second-order valence-corrected chi connectivity index (χ2v) is 10.3. The lowest BCUT2D eigenvalue weighted by atomic mass is 9.98. The van der Waals surface area contributed by atoms with Crippen molar-refractivity contribution in [2.24, 2.45) is 0 Å². The van der Waals surface area contributed by atoms with Crippen LogP contribution in [0.3, 0.4) is 0 Å². The van der Waals surface area contributed by atoms with E-state index in [0.29, 0.717) is 0 Å². The summed E-state index contributed by atoms with van der Waals surface area (Å²) in [6.07, 6.45) is 24.6. The number of carboxylic acid groups (broad SMARTS) is 1. The Bertz CT molecular complexity index is 379. The lowest BCUT2D eigenvalue weighted by Crippen LogP contribution is -2.60. The molecular formula is C29H60NO2+. The molecule has 0 radical (unpaired) electrons. The van der Waals surface area contributed by atoms with Crippen molar-refractivity contribution >= 4 is 5.97 Å². The molecule has 0 aromatic heterocycles. The second-order valence-electron chi connectivity index (χ2n) is 10.3. The van der Waals surface area contributed by atoms with Crippen molar-refractivity contribution in [3.8, 4) is 0 Å². The van der Waals surface area contributed by atoms with Gasteiger partial charge in [0.05, 0.1) is 19.6 Å². The monoisotopic (exact) mass is 454 g/mol. The highest BCUT2D eigenvalue weighted by molar-refractivity contribution is 5.72. The van der Waals surface area contributed by atoms with Crippen LogP contribution in [0.5, 0.6) is 0 Å². The number of carboxylic acids is 1. The highest BCUT2D eigenvalue weighted by Gasteiger charge is 2.40. The zero-order valence-electron chi connectivity index (χ0n) is 22.6. The zero-order valence-corrected chi connectivity index (χ0v) is 22.6. The SMILES string of the molecule is CCCCCCCCCC(C(=O)O)[N+](CCCCCC)(CCCCCC)CCCCCC. The Morgan fingerprint density at radius 3 is 1.19 bits per heavy atom. The number of hydrogen-bond donors (Lipinski definition) is 1. The third-order valence-electron chi connectivity index (χ3n) is 7.40. The quantitative estimate of drug-likeness (QED) is 0.110. The van der Waals surface area contributed by atoms with Crippen LogP contribution in [0.15, 0.2) is 0 Å². The van der Waals surface area contributed by atoms with Gasteiger partial charge in [-0.1, -0.05) is 105 Å². The lowest BCUT2D eigenvalue weighted by molar-refractivity contribution is -0.944. The minimum absolute atomic E-state index is 0.199. The average molecular weight is 455 g/mol. The molecule has 0 bridgehead atoms. The molecule has 0 saturated heterocycles. The van der Waals surface area contributed by atoms with E-state index >= 15 is 0 Å². The van der Waals surface area contributed by atoms with Crippen molar-refractivity contribution in [2.75, 3.05) is 19.6 Å². The smallest absolute Gasteiger partial charge is 0.362 e. The summed E-state index contributed by atoms with van der Waals surface area (Å²) in [7, 11) is 0. The van der Waals surface area contributed by atoms with Crippen LogP contribution in [0.25, 0.3) is 0 Å². The minimum Gasteiger partial charge on any atom is -0.477 e. The molecule has 0 spiro atoms. The molecule has 0 aliphatic carbocycles. The van der Waals surface area contributed by atoms with Crippen LogP contribution in [0.2, 0.25) is 0 Å². The maximum atomic E-state index is 12.6. The zero-order chi connectivity index (χ0) is 23.9. The summed E-state index contributed by atoms with van der Waals surface area (Å²) >= 11 is 0. The molecule has 32 heavy (non-hydrogen) atoms. The summed E-state index contributed by atoms with van der Waals surface area (Å²) in [6, 6.07) is -0.199. The fourth-order valence-electron chi connectivity index (χ4n) is 5.29. The number of unbranched alkanes of at least 4 members (excludes halogenated alkanes) is 15. The van der Waals surface area contributed by atoms with Gasteiger partial charge in [-0.3, -0.25) is 0 Å². The number of hydrogen-bond acceptors (Lipinski definition) is 1. The summed E-state index contributed by atoms with van der Waals surface area (Å²) in [6.45, 7) is 12.3. The predicted molar refractivity (Wildman–Crippen MR) is 141 cm³/mol.